The van der Waals surface area contributed by atoms with E-state index in [1.54, 1.807) is 30.5 Å². The first-order valence-electron chi connectivity index (χ1n) is 8.10. The van der Waals surface area contributed by atoms with E-state index >= 15 is 0 Å². The van der Waals surface area contributed by atoms with E-state index in [4.69, 9.17) is 4.74 Å². The third-order valence-corrected chi connectivity index (χ3v) is 5.82. The molecule has 7 nitrogen and oxygen atoms in total. The molecule has 0 bridgehead atoms. The standard InChI is InChI=1S/C17H24N4O3S2.HI/c1-12-13(2)25-16(21-12)11-20-17(18-3)19-9-10-24-14-5-7-15(8-6-14)26(4,22)23;/h5-8H,9-11H2,1-4H3,(H2,18,19,20);1H. The van der Waals surface area contributed by atoms with Gasteiger partial charge in [0.1, 0.15) is 17.4 Å². The molecule has 1 aromatic carbocycles. The minimum absolute atomic E-state index is 0. The van der Waals surface area contributed by atoms with Crippen LogP contribution in [0.5, 0.6) is 5.75 Å². The smallest absolute Gasteiger partial charge is 0.191 e. The summed E-state index contributed by atoms with van der Waals surface area (Å²) in [6, 6.07) is 6.38. The lowest BCUT2D eigenvalue weighted by Gasteiger charge is -2.12. The van der Waals surface area contributed by atoms with Crippen LogP contribution in [0, 0.1) is 13.8 Å². The Labute approximate surface area is 181 Å². The van der Waals surface area contributed by atoms with Gasteiger partial charge in [0.15, 0.2) is 15.8 Å². The number of rotatable bonds is 7. The minimum atomic E-state index is -3.19. The summed E-state index contributed by atoms with van der Waals surface area (Å²) in [5, 5.41) is 7.39. The quantitative estimate of drug-likeness (QED) is 0.250. The molecule has 0 unspecified atom stereocenters. The lowest BCUT2D eigenvalue weighted by molar-refractivity contribution is 0.321. The highest BCUT2D eigenvalue weighted by atomic mass is 127. The van der Waals surface area contributed by atoms with Crippen LogP contribution < -0.4 is 15.4 Å². The van der Waals surface area contributed by atoms with Crippen molar-refractivity contribution >= 4 is 51.1 Å². The Morgan fingerprint density at radius 1 is 1.22 bits per heavy atom. The molecular formula is C17H25IN4O3S2. The van der Waals surface area contributed by atoms with E-state index < -0.39 is 9.84 Å². The van der Waals surface area contributed by atoms with E-state index in [-0.39, 0.29) is 28.9 Å². The first-order chi connectivity index (χ1) is 12.3. The molecule has 0 saturated heterocycles. The van der Waals surface area contributed by atoms with E-state index in [1.165, 1.54) is 23.3 Å². The summed E-state index contributed by atoms with van der Waals surface area (Å²) in [6.45, 7) is 5.66. The van der Waals surface area contributed by atoms with Crippen LogP contribution in [0.25, 0.3) is 0 Å². The molecule has 2 aromatic rings. The summed E-state index contributed by atoms with van der Waals surface area (Å²) < 4.78 is 28.4. The molecule has 27 heavy (non-hydrogen) atoms. The first-order valence-corrected chi connectivity index (χ1v) is 10.8. The molecule has 2 N–H and O–H groups in total. The van der Waals surface area contributed by atoms with Gasteiger partial charge in [0, 0.05) is 18.2 Å². The van der Waals surface area contributed by atoms with Crippen LogP contribution >= 0.6 is 35.3 Å². The van der Waals surface area contributed by atoms with Crippen molar-refractivity contribution in [1.82, 2.24) is 15.6 Å². The summed E-state index contributed by atoms with van der Waals surface area (Å²) >= 11 is 1.67. The number of benzene rings is 1. The highest BCUT2D eigenvalue weighted by molar-refractivity contribution is 14.0. The number of halogens is 1. The second-order valence-corrected chi connectivity index (χ2v) is 9.00. The largest absolute Gasteiger partial charge is 0.492 e. The predicted molar refractivity (Wildman–Crippen MR) is 120 cm³/mol. The molecule has 0 aliphatic heterocycles. The molecule has 1 heterocycles. The van der Waals surface area contributed by atoms with Gasteiger partial charge in [-0.3, -0.25) is 4.99 Å². The average molecular weight is 524 g/mol. The highest BCUT2D eigenvalue weighted by Crippen LogP contribution is 2.16. The van der Waals surface area contributed by atoms with Crippen molar-refractivity contribution in [1.29, 1.82) is 0 Å². The molecule has 150 valence electrons. The number of sulfone groups is 1. The number of hydrogen-bond donors (Lipinski definition) is 2. The summed E-state index contributed by atoms with van der Waals surface area (Å²) in [7, 11) is -1.48. The Morgan fingerprint density at radius 2 is 1.89 bits per heavy atom. The summed E-state index contributed by atoms with van der Waals surface area (Å²) in [6.07, 6.45) is 1.18. The number of guanidine groups is 1. The van der Waals surface area contributed by atoms with Crippen molar-refractivity contribution in [2.75, 3.05) is 26.5 Å². The van der Waals surface area contributed by atoms with E-state index in [2.05, 4.69) is 27.5 Å². The van der Waals surface area contributed by atoms with Crippen LogP contribution in [-0.2, 0) is 16.4 Å². The van der Waals surface area contributed by atoms with Gasteiger partial charge >= 0.3 is 0 Å². The zero-order chi connectivity index (χ0) is 19.2. The fourth-order valence-corrected chi connectivity index (χ4v) is 3.62. The minimum Gasteiger partial charge on any atom is -0.492 e. The number of ether oxygens (including phenoxy) is 1. The van der Waals surface area contributed by atoms with Crippen molar-refractivity contribution in [3.05, 3.63) is 39.8 Å². The van der Waals surface area contributed by atoms with E-state index in [9.17, 15) is 8.42 Å². The van der Waals surface area contributed by atoms with Gasteiger partial charge < -0.3 is 15.4 Å². The third-order valence-electron chi connectivity index (χ3n) is 3.62. The fraction of sp³-hybridized carbons (Fsp3) is 0.412. The zero-order valence-electron chi connectivity index (χ0n) is 15.8. The Balaban J connectivity index is 0.00000364. The topological polar surface area (TPSA) is 92.7 Å². The maximum Gasteiger partial charge on any atom is 0.191 e. The molecular weight excluding hydrogens is 499 g/mol. The molecule has 0 aliphatic carbocycles. The van der Waals surface area contributed by atoms with Crippen LogP contribution in [-0.4, -0.2) is 45.8 Å². The maximum absolute atomic E-state index is 11.4. The molecule has 0 fully saturated rings. The van der Waals surface area contributed by atoms with Gasteiger partial charge in [0.05, 0.1) is 23.7 Å². The monoisotopic (exact) mass is 524 g/mol. The van der Waals surface area contributed by atoms with Crippen LogP contribution in [0.1, 0.15) is 15.6 Å². The lowest BCUT2D eigenvalue weighted by atomic mass is 10.3. The van der Waals surface area contributed by atoms with Gasteiger partial charge in [-0.05, 0) is 38.1 Å². The van der Waals surface area contributed by atoms with Crippen LogP contribution in [0.2, 0.25) is 0 Å². The Bertz CT molecular complexity index is 845. The summed E-state index contributed by atoms with van der Waals surface area (Å²) in [5.74, 6) is 1.29. The Hall–Kier alpha value is -1.40. The molecule has 2 rings (SSSR count). The third kappa shape index (κ3) is 7.62. The summed E-state index contributed by atoms with van der Waals surface area (Å²) in [4.78, 5) is 10.1. The fourth-order valence-electron chi connectivity index (χ4n) is 2.12. The van der Waals surface area contributed by atoms with Crippen molar-refractivity contribution in [3.63, 3.8) is 0 Å². The van der Waals surface area contributed by atoms with Gasteiger partial charge in [-0.1, -0.05) is 0 Å². The molecule has 1 aromatic heterocycles. The second kappa shape index (κ2) is 10.8. The maximum atomic E-state index is 11.4. The summed E-state index contributed by atoms with van der Waals surface area (Å²) in [5.41, 5.74) is 1.06. The van der Waals surface area contributed by atoms with Crippen LogP contribution in [0.3, 0.4) is 0 Å². The number of nitrogens with one attached hydrogen (secondary N) is 2. The van der Waals surface area contributed by atoms with Crippen LogP contribution in [0.15, 0.2) is 34.2 Å². The Morgan fingerprint density at radius 3 is 2.41 bits per heavy atom. The van der Waals surface area contributed by atoms with Crippen molar-refractivity contribution in [3.8, 4) is 5.75 Å². The number of nitrogens with zero attached hydrogens (tertiary/aromatic N) is 2. The van der Waals surface area contributed by atoms with E-state index in [0.717, 1.165) is 10.7 Å². The zero-order valence-corrected chi connectivity index (χ0v) is 19.7. The number of aryl methyl sites for hydroxylation is 2. The van der Waals surface area contributed by atoms with Gasteiger partial charge in [-0.2, -0.15) is 0 Å². The highest BCUT2D eigenvalue weighted by Gasteiger charge is 2.07. The van der Waals surface area contributed by atoms with Crippen LogP contribution in [0.4, 0.5) is 0 Å². The molecule has 0 atom stereocenters. The first kappa shape index (κ1) is 23.6. The Kier molecular flexibility index (Phi) is 9.47. The average Bonchev–Trinajstić information content (AvgIpc) is 2.92. The number of hydrogen-bond acceptors (Lipinski definition) is 6. The van der Waals surface area contributed by atoms with E-state index in [0.29, 0.717) is 31.4 Å². The molecule has 0 saturated carbocycles. The van der Waals surface area contributed by atoms with Gasteiger partial charge in [-0.25, -0.2) is 13.4 Å². The van der Waals surface area contributed by atoms with Crippen molar-refractivity contribution in [2.24, 2.45) is 4.99 Å². The lowest BCUT2D eigenvalue weighted by Crippen LogP contribution is -2.38. The molecule has 10 heteroatoms. The normalized spacial score (nSPS) is 11.6. The second-order valence-electron chi connectivity index (χ2n) is 5.69. The van der Waals surface area contributed by atoms with Gasteiger partial charge in [0.25, 0.3) is 0 Å². The van der Waals surface area contributed by atoms with E-state index in [1.807, 2.05) is 6.92 Å². The molecule has 0 radical (unpaired) electrons. The van der Waals surface area contributed by atoms with Gasteiger partial charge in [-0.15, -0.1) is 35.3 Å². The molecule has 0 aliphatic rings. The number of thiazole rings is 1. The molecule has 0 spiro atoms. The van der Waals surface area contributed by atoms with Crippen molar-refractivity contribution in [2.45, 2.75) is 25.3 Å². The van der Waals surface area contributed by atoms with Crippen molar-refractivity contribution < 1.29 is 13.2 Å². The SMILES string of the molecule is CN=C(NCCOc1ccc(S(C)(=O)=O)cc1)NCc1nc(C)c(C)s1.I. The molecule has 0 amide bonds. The number of aromatic nitrogens is 1. The van der Waals surface area contributed by atoms with Gasteiger partial charge in [0.2, 0.25) is 0 Å². The predicted octanol–water partition coefficient (Wildman–Crippen LogP) is 2.53. The number of aliphatic imine (C=N–C) groups is 1.